The van der Waals surface area contributed by atoms with Gasteiger partial charge in [-0.25, -0.2) is 9.48 Å². The molecule has 0 atom stereocenters. The highest BCUT2D eigenvalue weighted by molar-refractivity contribution is 5.88. The molecule has 2 heterocycles. The van der Waals surface area contributed by atoms with Crippen molar-refractivity contribution in [3.63, 3.8) is 0 Å². The lowest BCUT2D eigenvalue weighted by molar-refractivity contribution is 0.0518. The van der Waals surface area contributed by atoms with Crippen LogP contribution in [0.15, 0.2) is 10.9 Å². The Balaban J connectivity index is 2.25. The predicted molar refractivity (Wildman–Crippen MR) is 63.4 cm³/mol. The highest BCUT2D eigenvalue weighted by atomic mass is 16.5. The van der Waals surface area contributed by atoms with E-state index in [0.717, 1.165) is 12.1 Å². The highest BCUT2D eigenvalue weighted by Gasteiger charge is 2.20. The summed E-state index contributed by atoms with van der Waals surface area (Å²) in [5.74, 6) is -0.0413. The summed E-state index contributed by atoms with van der Waals surface area (Å²) in [5.41, 5.74) is 0.974. The second-order valence-corrected chi connectivity index (χ2v) is 3.85. The van der Waals surface area contributed by atoms with Gasteiger partial charge in [-0.2, -0.15) is 4.98 Å². The van der Waals surface area contributed by atoms with Crippen LogP contribution in [-0.2, 0) is 17.7 Å². The Morgan fingerprint density at radius 1 is 1.47 bits per heavy atom. The number of hydrogen-bond donors (Lipinski definition) is 0. The number of ether oxygens (including phenoxy) is 1. The van der Waals surface area contributed by atoms with Crippen LogP contribution >= 0.6 is 0 Å². The molecule has 0 aliphatic heterocycles. The van der Waals surface area contributed by atoms with E-state index in [1.807, 2.05) is 6.92 Å². The van der Waals surface area contributed by atoms with Crippen LogP contribution in [0.1, 0.15) is 42.3 Å². The second kappa shape index (κ2) is 6.07. The fourth-order valence-electron chi connectivity index (χ4n) is 1.70. The number of carbonyl (C=O) groups is 1. The zero-order valence-electron chi connectivity index (χ0n) is 10.9. The number of aromatic nitrogens is 5. The predicted octanol–water partition coefficient (Wildman–Crippen LogP) is 0.839. The molecule has 8 nitrogen and oxygen atoms in total. The second-order valence-electron chi connectivity index (χ2n) is 3.85. The van der Waals surface area contributed by atoms with Crippen molar-refractivity contribution in [2.75, 3.05) is 6.61 Å². The highest BCUT2D eigenvalue weighted by Crippen LogP contribution is 2.11. The standard InChI is InChI=1S/C11H15N5O3/c1-3-5-8-10(11(17)18-4-2)14-15-16(8)6-9-12-7-13-19-9/h7H,3-6H2,1-2H3. The lowest BCUT2D eigenvalue weighted by Crippen LogP contribution is -2.11. The van der Waals surface area contributed by atoms with E-state index in [2.05, 4.69) is 20.5 Å². The maximum Gasteiger partial charge on any atom is 0.360 e. The fraction of sp³-hybridized carbons (Fsp3) is 0.545. The Labute approximate surface area is 109 Å². The Bertz CT molecular complexity index is 535. The third-order valence-electron chi connectivity index (χ3n) is 2.49. The van der Waals surface area contributed by atoms with Gasteiger partial charge in [0.15, 0.2) is 12.0 Å². The Morgan fingerprint density at radius 3 is 2.95 bits per heavy atom. The van der Waals surface area contributed by atoms with Crippen LogP contribution in [-0.4, -0.2) is 37.7 Å². The van der Waals surface area contributed by atoms with Gasteiger partial charge in [-0.3, -0.25) is 0 Å². The van der Waals surface area contributed by atoms with Crippen LogP contribution in [0.2, 0.25) is 0 Å². The third kappa shape index (κ3) is 2.95. The molecule has 0 aliphatic carbocycles. The van der Waals surface area contributed by atoms with Crippen LogP contribution < -0.4 is 0 Å². The molecule has 0 spiro atoms. The first-order chi connectivity index (χ1) is 9.26. The van der Waals surface area contributed by atoms with E-state index in [-0.39, 0.29) is 5.69 Å². The first-order valence-corrected chi connectivity index (χ1v) is 6.11. The van der Waals surface area contributed by atoms with E-state index in [4.69, 9.17) is 9.26 Å². The minimum Gasteiger partial charge on any atom is -0.461 e. The van der Waals surface area contributed by atoms with Gasteiger partial charge < -0.3 is 9.26 Å². The van der Waals surface area contributed by atoms with Gasteiger partial charge in [0.2, 0.25) is 5.89 Å². The van der Waals surface area contributed by atoms with Gasteiger partial charge in [-0.1, -0.05) is 23.7 Å². The fourth-order valence-corrected chi connectivity index (χ4v) is 1.70. The molecule has 0 fully saturated rings. The van der Waals surface area contributed by atoms with Crippen molar-refractivity contribution in [3.8, 4) is 0 Å². The Morgan fingerprint density at radius 2 is 2.32 bits per heavy atom. The van der Waals surface area contributed by atoms with Crippen molar-refractivity contribution in [2.45, 2.75) is 33.2 Å². The Hall–Kier alpha value is -2.25. The van der Waals surface area contributed by atoms with Gasteiger partial charge in [0.05, 0.1) is 12.3 Å². The molecule has 8 heteroatoms. The van der Waals surface area contributed by atoms with Gasteiger partial charge in [0.25, 0.3) is 0 Å². The van der Waals surface area contributed by atoms with E-state index in [1.54, 1.807) is 11.6 Å². The summed E-state index contributed by atoms with van der Waals surface area (Å²) in [6.45, 7) is 4.36. The van der Waals surface area contributed by atoms with Crippen LogP contribution in [0.25, 0.3) is 0 Å². The summed E-state index contributed by atoms with van der Waals surface area (Å²) in [6.07, 6.45) is 2.86. The SMILES string of the molecule is CCCc1c(C(=O)OCC)nnn1Cc1ncno1. The summed E-state index contributed by atoms with van der Waals surface area (Å²) in [4.78, 5) is 15.7. The van der Waals surface area contributed by atoms with Gasteiger partial charge in [-0.15, -0.1) is 5.10 Å². The van der Waals surface area contributed by atoms with E-state index >= 15 is 0 Å². The van der Waals surface area contributed by atoms with E-state index < -0.39 is 5.97 Å². The minimum absolute atomic E-state index is 0.253. The van der Waals surface area contributed by atoms with Crippen molar-refractivity contribution in [3.05, 3.63) is 23.6 Å². The maximum atomic E-state index is 11.8. The molecule has 0 saturated carbocycles. The number of rotatable bonds is 6. The lowest BCUT2D eigenvalue weighted by Gasteiger charge is -2.04. The average Bonchev–Trinajstić information content (AvgIpc) is 3.02. The first kappa shape index (κ1) is 13.2. The molecule has 0 aliphatic rings. The molecule has 2 aromatic heterocycles. The summed E-state index contributed by atoms with van der Waals surface area (Å²) in [7, 11) is 0. The molecule has 0 aromatic carbocycles. The zero-order chi connectivity index (χ0) is 13.7. The molecule has 2 rings (SSSR count). The molecule has 2 aromatic rings. The van der Waals surface area contributed by atoms with Gasteiger partial charge in [0, 0.05) is 0 Å². The van der Waals surface area contributed by atoms with Crippen LogP contribution in [0.5, 0.6) is 0 Å². The molecular formula is C11H15N5O3. The molecule has 0 amide bonds. The summed E-state index contributed by atoms with van der Waals surface area (Å²) in [5, 5.41) is 11.4. The third-order valence-corrected chi connectivity index (χ3v) is 2.49. The van der Waals surface area contributed by atoms with E-state index in [1.165, 1.54) is 6.33 Å². The molecule has 102 valence electrons. The summed E-state index contributed by atoms with van der Waals surface area (Å²) in [6, 6.07) is 0. The normalized spacial score (nSPS) is 10.6. The van der Waals surface area contributed by atoms with Crippen LogP contribution in [0, 0.1) is 0 Å². The van der Waals surface area contributed by atoms with Crippen molar-refractivity contribution < 1.29 is 14.1 Å². The largest absolute Gasteiger partial charge is 0.461 e. The van der Waals surface area contributed by atoms with Crippen molar-refractivity contribution >= 4 is 5.97 Å². The number of nitrogens with zero attached hydrogens (tertiary/aromatic N) is 5. The molecule has 0 saturated heterocycles. The van der Waals surface area contributed by atoms with Crippen molar-refractivity contribution in [1.29, 1.82) is 0 Å². The summed E-state index contributed by atoms with van der Waals surface area (Å²) >= 11 is 0. The maximum absolute atomic E-state index is 11.8. The Kier molecular flexibility index (Phi) is 4.22. The van der Waals surface area contributed by atoms with Crippen molar-refractivity contribution in [2.24, 2.45) is 0 Å². The number of carbonyl (C=O) groups excluding carboxylic acids is 1. The number of hydrogen-bond acceptors (Lipinski definition) is 7. The molecular weight excluding hydrogens is 250 g/mol. The van der Waals surface area contributed by atoms with Gasteiger partial charge >= 0.3 is 5.97 Å². The summed E-state index contributed by atoms with van der Waals surface area (Å²) < 4.78 is 11.5. The topological polar surface area (TPSA) is 95.9 Å². The minimum atomic E-state index is -0.456. The molecule has 19 heavy (non-hydrogen) atoms. The lowest BCUT2D eigenvalue weighted by atomic mass is 10.2. The van der Waals surface area contributed by atoms with E-state index in [0.29, 0.717) is 25.5 Å². The van der Waals surface area contributed by atoms with Crippen LogP contribution in [0.3, 0.4) is 0 Å². The van der Waals surface area contributed by atoms with E-state index in [9.17, 15) is 4.79 Å². The number of esters is 1. The monoisotopic (exact) mass is 265 g/mol. The van der Waals surface area contributed by atoms with Gasteiger partial charge in [-0.05, 0) is 13.3 Å². The molecule has 0 bridgehead atoms. The van der Waals surface area contributed by atoms with Gasteiger partial charge in [0.1, 0.15) is 6.54 Å². The smallest absolute Gasteiger partial charge is 0.360 e. The quantitative estimate of drug-likeness (QED) is 0.714. The average molecular weight is 265 g/mol. The molecule has 0 N–H and O–H groups in total. The van der Waals surface area contributed by atoms with Crippen LogP contribution in [0.4, 0.5) is 0 Å². The first-order valence-electron chi connectivity index (χ1n) is 6.11. The zero-order valence-corrected chi connectivity index (χ0v) is 10.9. The molecule has 0 radical (unpaired) electrons. The van der Waals surface area contributed by atoms with Crippen molar-refractivity contribution in [1.82, 2.24) is 25.1 Å². The molecule has 0 unspecified atom stereocenters.